The number of nitrogens with zero attached hydrogens (tertiary/aromatic N) is 1. The SMILES string of the molecule is [C-]#[N+]C1C(C)=C[C@H](COCc2cccc(S(=O)O)c2)[C@H]1CCc1cccc(C(O)C(C)C)c1. The van der Waals surface area contributed by atoms with Gasteiger partial charge in [0.25, 0.3) is 0 Å². The Bertz CT molecular complexity index is 1040. The fraction of sp³-hybridized carbons (Fsp3) is 0.444. The smallest absolute Gasteiger partial charge is 0.247 e. The molecular weight excluding hydrogens is 434 g/mol. The Balaban J connectivity index is 1.62. The van der Waals surface area contributed by atoms with Crippen LogP contribution in [0.3, 0.4) is 0 Å². The molecule has 0 saturated carbocycles. The van der Waals surface area contributed by atoms with Crippen molar-refractivity contribution in [2.75, 3.05) is 6.61 Å². The molecule has 176 valence electrons. The number of hydrogen-bond acceptors (Lipinski definition) is 3. The lowest BCUT2D eigenvalue weighted by atomic mass is 9.86. The molecule has 2 aromatic carbocycles. The van der Waals surface area contributed by atoms with E-state index in [1.165, 1.54) is 5.56 Å². The van der Waals surface area contributed by atoms with Gasteiger partial charge in [-0.1, -0.05) is 56.3 Å². The summed E-state index contributed by atoms with van der Waals surface area (Å²) in [6.07, 6.45) is 3.41. The predicted molar refractivity (Wildman–Crippen MR) is 131 cm³/mol. The van der Waals surface area contributed by atoms with Crippen LogP contribution in [0.1, 0.15) is 50.0 Å². The molecule has 3 unspecified atom stereocenters. The lowest BCUT2D eigenvalue weighted by Crippen LogP contribution is -2.23. The lowest BCUT2D eigenvalue weighted by molar-refractivity contribution is 0.0833. The summed E-state index contributed by atoms with van der Waals surface area (Å²) in [7, 11) is 0. The average Bonchev–Trinajstić information content (AvgIpc) is 3.11. The number of hydrogen-bond donors (Lipinski definition) is 2. The van der Waals surface area contributed by atoms with Gasteiger partial charge < -0.3 is 19.2 Å². The Hall–Kier alpha value is -2.30. The van der Waals surface area contributed by atoms with Crippen molar-refractivity contribution < 1.29 is 18.6 Å². The summed E-state index contributed by atoms with van der Waals surface area (Å²) in [5.41, 5.74) is 4.07. The maximum Gasteiger partial charge on any atom is 0.247 e. The van der Waals surface area contributed by atoms with Gasteiger partial charge in [-0.25, -0.2) is 10.8 Å². The molecule has 3 rings (SSSR count). The monoisotopic (exact) mass is 467 g/mol. The molecule has 0 spiro atoms. The molecule has 0 radical (unpaired) electrons. The van der Waals surface area contributed by atoms with Crippen LogP contribution >= 0.6 is 0 Å². The molecule has 1 aliphatic carbocycles. The average molecular weight is 468 g/mol. The lowest BCUT2D eigenvalue weighted by Gasteiger charge is -2.21. The molecule has 0 heterocycles. The summed E-state index contributed by atoms with van der Waals surface area (Å²) in [6.45, 7) is 14.6. The van der Waals surface area contributed by atoms with Gasteiger partial charge in [0, 0.05) is 17.4 Å². The maximum atomic E-state index is 11.3. The summed E-state index contributed by atoms with van der Waals surface area (Å²) in [4.78, 5) is 4.27. The number of aryl methyl sites for hydroxylation is 1. The molecule has 0 aliphatic heterocycles. The zero-order chi connectivity index (χ0) is 24.0. The second-order valence-electron chi connectivity index (χ2n) is 9.20. The largest absolute Gasteiger partial charge is 0.388 e. The minimum absolute atomic E-state index is 0.136. The second kappa shape index (κ2) is 11.7. The molecule has 0 fully saturated rings. The molecule has 2 aromatic rings. The minimum Gasteiger partial charge on any atom is -0.388 e. The summed E-state index contributed by atoms with van der Waals surface area (Å²) in [5.74, 6) is 0.495. The van der Waals surface area contributed by atoms with Crippen LogP contribution in [0.2, 0.25) is 0 Å². The van der Waals surface area contributed by atoms with Gasteiger partial charge in [0.2, 0.25) is 6.04 Å². The van der Waals surface area contributed by atoms with Crippen molar-refractivity contribution in [3.63, 3.8) is 0 Å². The highest BCUT2D eigenvalue weighted by atomic mass is 32.2. The van der Waals surface area contributed by atoms with Crippen molar-refractivity contribution in [2.24, 2.45) is 17.8 Å². The van der Waals surface area contributed by atoms with E-state index in [1.807, 2.05) is 39.0 Å². The Morgan fingerprint density at radius 3 is 2.58 bits per heavy atom. The van der Waals surface area contributed by atoms with Gasteiger partial charge >= 0.3 is 0 Å². The van der Waals surface area contributed by atoms with Crippen LogP contribution in [-0.2, 0) is 28.8 Å². The fourth-order valence-electron chi connectivity index (χ4n) is 4.58. The molecule has 1 aliphatic rings. The molecule has 6 heteroatoms. The standard InChI is InChI=1S/C27H33NO4S/c1-18(2)27(29)22-9-5-7-20(14-22)11-12-25-23(13-19(3)26(25)28-4)17-32-16-21-8-6-10-24(15-21)33(30)31/h5-10,13-15,18,23,25-27,29H,11-12,16-17H2,1-3H3,(H,30,31)/t23-,25-,26?,27?/m1/s1. The third-order valence-corrected chi connectivity index (χ3v) is 7.06. The molecule has 0 aromatic heterocycles. The highest BCUT2D eigenvalue weighted by molar-refractivity contribution is 7.79. The van der Waals surface area contributed by atoms with Crippen LogP contribution in [-0.4, -0.2) is 26.5 Å². The van der Waals surface area contributed by atoms with Crippen molar-refractivity contribution in [1.82, 2.24) is 0 Å². The first-order valence-electron chi connectivity index (χ1n) is 11.4. The van der Waals surface area contributed by atoms with E-state index in [0.29, 0.717) is 18.1 Å². The van der Waals surface area contributed by atoms with Crippen LogP contribution < -0.4 is 0 Å². The van der Waals surface area contributed by atoms with Crippen molar-refractivity contribution in [3.8, 4) is 0 Å². The highest BCUT2D eigenvalue weighted by Crippen LogP contribution is 2.37. The number of rotatable bonds is 10. The Morgan fingerprint density at radius 1 is 1.15 bits per heavy atom. The van der Waals surface area contributed by atoms with Crippen LogP contribution in [0.5, 0.6) is 0 Å². The predicted octanol–water partition coefficient (Wildman–Crippen LogP) is 5.59. The zero-order valence-corrected chi connectivity index (χ0v) is 20.3. The molecule has 5 nitrogen and oxygen atoms in total. The molecule has 5 atom stereocenters. The Morgan fingerprint density at radius 2 is 1.88 bits per heavy atom. The normalized spacial score (nSPS) is 22.1. The number of benzene rings is 2. The first kappa shape index (κ1) is 25.3. The van der Waals surface area contributed by atoms with E-state index in [2.05, 4.69) is 23.1 Å². The summed E-state index contributed by atoms with van der Waals surface area (Å²) < 4.78 is 26.5. The van der Waals surface area contributed by atoms with E-state index in [1.54, 1.807) is 18.2 Å². The van der Waals surface area contributed by atoms with E-state index >= 15 is 0 Å². The van der Waals surface area contributed by atoms with Crippen LogP contribution in [0.15, 0.2) is 65.1 Å². The van der Waals surface area contributed by atoms with E-state index < -0.39 is 17.2 Å². The van der Waals surface area contributed by atoms with Crippen LogP contribution in [0.4, 0.5) is 0 Å². The van der Waals surface area contributed by atoms with E-state index in [4.69, 9.17) is 11.3 Å². The Labute approximate surface area is 199 Å². The highest BCUT2D eigenvalue weighted by Gasteiger charge is 2.39. The first-order chi connectivity index (χ1) is 15.8. The van der Waals surface area contributed by atoms with Crippen molar-refractivity contribution in [3.05, 3.63) is 88.3 Å². The summed E-state index contributed by atoms with van der Waals surface area (Å²) in [5, 5.41) is 10.4. The van der Waals surface area contributed by atoms with Crippen molar-refractivity contribution >= 4 is 11.1 Å². The van der Waals surface area contributed by atoms with E-state index in [0.717, 1.165) is 29.5 Å². The molecule has 33 heavy (non-hydrogen) atoms. The topological polar surface area (TPSA) is 71.1 Å². The minimum atomic E-state index is -2.01. The third kappa shape index (κ3) is 6.61. The van der Waals surface area contributed by atoms with Gasteiger partial charge in [-0.3, -0.25) is 0 Å². The number of aliphatic hydroxyl groups is 1. The van der Waals surface area contributed by atoms with Crippen molar-refractivity contribution in [1.29, 1.82) is 0 Å². The molecule has 0 amide bonds. The van der Waals surface area contributed by atoms with Crippen LogP contribution in [0.25, 0.3) is 4.85 Å². The molecule has 0 saturated heterocycles. The quantitative estimate of drug-likeness (QED) is 0.272. The Kier molecular flexibility index (Phi) is 8.99. The molecule has 0 bridgehead atoms. The van der Waals surface area contributed by atoms with Gasteiger partial charge in [-0.15, -0.1) is 0 Å². The summed E-state index contributed by atoms with van der Waals surface area (Å²) >= 11 is -2.01. The van der Waals surface area contributed by atoms with Crippen molar-refractivity contribution in [2.45, 2.75) is 57.3 Å². The van der Waals surface area contributed by atoms with E-state index in [9.17, 15) is 13.9 Å². The van der Waals surface area contributed by atoms with E-state index in [-0.39, 0.29) is 23.8 Å². The third-order valence-electron chi connectivity index (χ3n) is 6.41. The molecule has 2 N–H and O–H groups in total. The number of ether oxygens (including phenoxy) is 1. The number of aliphatic hydroxyl groups excluding tert-OH is 1. The maximum absolute atomic E-state index is 11.3. The van der Waals surface area contributed by atoms with Gasteiger partial charge in [-0.2, -0.15) is 0 Å². The summed E-state index contributed by atoms with van der Waals surface area (Å²) in [6, 6.07) is 14.9. The van der Waals surface area contributed by atoms with Gasteiger partial charge in [0.15, 0.2) is 11.1 Å². The first-order valence-corrected chi connectivity index (χ1v) is 12.5. The van der Waals surface area contributed by atoms with Gasteiger partial charge in [0.05, 0.1) is 24.2 Å². The molecular formula is C27H33NO4S. The zero-order valence-electron chi connectivity index (χ0n) is 19.5. The van der Waals surface area contributed by atoms with Gasteiger partial charge in [-0.05, 0) is 54.5 Å². The van der Waals surface area contributed by atoms with Gasteiger partial charge in [0.1, 0.15) is 0 Å². The fourth-order valence-corrected chi connectivity index (χ4v) is 5.03. The van der Waals surface area contributed by atoms with Crippen LogP contribution in [0, 0.1) is 24.3 Å². The second-order valence-corrected chi connectivity index (χ2v) is 10.2.